The molecule has 7 heteroatoms. The molecule has 0 saturated carbocycles. The lowest BCUT2D eigenvalue weighted by molar-refractivity contribution is -0.145. The molecular formula is C13H17NO5S. The molecule has 0 aliphatic rings. The summed E-state index contributed by atoms with van der Waals surface area (Å²) in [6, 6.07) is 7.48. The molecule has 1 aromatic rings. The van der Waals surface area contributed by atoms with Crippen LogP contribution in [0.15, 0.2) is 35.7 Å². The Bertz CT molecular complexity index is 566. The van der Waals surface area contributed by atoms with Crippen LogP contribution in [0.3, 0.4) is 0 Å². The standard InChI is InChI=1S/C13H17NO5S/c1-10(15)12(13(16)19-2)14-20(17,18)9-8-11-6-4-3-5-7-11/h3-10,12,14-15H,1-2H3/b9-8+/t10-,12-/m1/s1. The van der Waals surface area contributed by atoms with E-state index in [1.54, 1.807) is 24.3 Å². The van der Waals surface area contributed by atoms with E-state index in [1.807, 2.05) is 6.07 Å². The van der Waals surface area contributed by atoms with Gasteiger partial charge in [-0.05, 0) is 18.6 Å². The molecule has 110 valence electrons. The van der Waals surface area contributed by atoms with Crippen LogP contribution < -0.4 is 4.72 Å². The molecule has 1 rings (SSSR count). The van der Waals surface area contributed by atoms with Crippen molar-refractivity contribution in [3.05, 3.63) is 41.3 Å². The summed E-state index contributed by atoms with van der Waals surface area (Å²) >= 11 is 0. The number of hydrogen-bond acceptors (Lipinski definition) is 5. The molecule has 2 atom stereocenters. The van der Waals surface area contributed by atoms with Crippen LogP contribution in [-0.4, -0.2) is 38.7 Å². The van der Waals surface area contributed by atoms with Crippen molar-refractivity contribution in [1.82, 2.24) is 4.72 Å². The number of methoxy groups -OCH3 is 1. The molecule has 0 fully saturated rings. The van der Waals surface area contributed by atoms with E-state index >= 15 is 0 Å². The van der Waals surface area contributed by atoms with Gasteiger partial charge in [0.05, 0.1) is 13.2 Å². The van der Waals surface area contributed by atoms with Crippen molar-refractivity contribution in [1.29, 1.82) is 0 Å². The Morgan fingerprint density at radius 2 is 1.95 bits per heavy atom. The highest BCUT2D eigenvalue weighted by Gasteiger charge is 2.28. The Balaban J connectivity index is 2.83. The number of hydrogen-bond donors (Lipinski definition) is 2. The summed E-state index contributed by atoms with van der Waals surface area (Å²) in [5.74, 6) is -0.850. The average Bonchev–Trinajstić information content (AvgIpc) is 2.43. The van der Waals surface area contributed by atoms with Crippen LogP contribution in [0.25, 0.3) is 6.08 Å². The number of ether oxygens (including phenoxy) is 1. The lowest BCUT2D eigenvalue weighted by Crippen LogP contribution is -2.47. The van der Waals surface area contributed by atoms with Crippen molar-refractivity contribution in [3.8, 4) is 0 Å². The second-order valence-corrected chi connectivity index (χ2v) is 5.72. The van der Waals surface area contributed by atoms with Crippen molar-refractivity contribution in [2.24, 2.45) is 0 Å². The third-order valence-electron chi connectivity index (χ3n) is 2.47. The molecule has 0 amide bonds. The van der Waals surface area contributed by atoms with Crippen LogP contribution in [0.1, 0.15) is 12.5 Å². The molecule has 0 bridgehead atoms. The molecule has 0 aromatic heterocycles. The number of carbonyl (C=O) groups excluding carboxylic acids is 1. The zero-order chi connectivity index (χ0) is 15.2. The molecule has 0 aliphatic heterocycles. The van der Waals surface area contributed by atoms with Gasteiger partial charge in [-0.2, -0.15) is 4.72 Å². The topological polar surface area (TPSA) is 92.7 Å². The summed E-state index contributed by atoms with van der Waals surface area (Å²) in [6.45, 7) is 1.30. The second kappa shape index (κ2) is 7.18. The predicted molar refractivity (Wildman–Crippen MR) is 75.0 cm³/mol. The maximum Gasteiger partial charge on any atom is 0.326 e. The minimum absolute atomic E-state index is 0.699. The number of carbonyl (C=O) groups is 1. The van der Waals surface area contributed by atoms with Gasteiger partial charge in [-0.3, -0.25) is 4.79 Å². The van der Waals surface area contributed by atoms with Gasteiger partial charge in [0.1, 0.15) is 6.04 Å². The average molecular weight is 299 g/mol. The van der Waals surface area contributed by atoms with Crippen LogP contribution >= 0.6 is 0 Å². The zero-order valence-corrected chi connectivity index (χ0v) is 12.0. The minimum Gasteiger partial charge on any atom is -0.468 e. The van der Waals surface area contributed by atoms with Gasteiger partial charge in [-0.15, -0.1) is 0 Å². The zero-order valence-electron chi connectivity index (χ0n) is 11.2. The van der Waals surface area contributed by atoms with Gasteiger partial charge < -0.3 is 9.84 Å². The molecule has 0 saturated heterocycles. The largest absolute Gasteiger partial charge is 0.468 e. The van der Waals surface area contributed by atoms with E-state index in [2.05, 4.69) is 9.46 Å². The first-order valence-corrected chi connectivity index (χ1v) is 7.41. The minimum atomic E-state index is -3.87. The number of esters is 1. The Kier molecular flexibility index (Phi) is 5.87. The van der Waals surface area contributed by atoms with Crippen LogP contribution in [0.5, 0.6) is 0 Å². The van der Waals surface area contributed by atoms with Crippen molar-refractivity contribution >= 4 is 22.1 Å². The van der Waals surface area contributed by atoms with Gasteiger partial charge in [0.25, 0.3) is 0 Å². The van der Waals surface area contributed by atoms with Gasteiger partial charge in [0.2, 0.25) is 10.0 Å². The highest BCUT2D eigenvalue weighted by molar-refractivity contribution is 7.92. The number of sulfonamides is 1. The summed E-state index contributed by atoms with van der Waals surface area (Å²) in [4.78, 5) is 11.4. The fourth-order valence-corrected chi connectivity index (χ4v) is 2.48. The molecule has 0 aliphatic carbocycles. The Morgan fingerprint density at radius 3 is 2.45 bits per heavy atom. The number of rotatable bonds is 6. The molecule has 2 N–H and O–H groups in total. The third kappa shape index (κ3) is 5.12. The van der Waals surface area contributed by atoms with E-state index in [0.717, 1.165) is 12.5 Å². The highest BCUT2D eigenvalue weighted by Crippen LogP contribution is 2.05. The van der Waals surface area contributed by atoms with Crippen molar-refractivity contribution in [3.63, 3.8) is 0 Å². The number of aliphatic hydroxyl groups excluding tert-OH is 1. The normalized spacial score (nSPS) is 14.9. The predicted octanol–water partition coefficient (Wildman–Crippen LogP) is 0.499. The summed E-state index contributed by atoms with van der Waals surface area (Å²) < 4.78 is 30.2. The van der Waals surface area contributed by atoms with Crippen LogP contribution in [-0.2, 0) is 19.6 Å². The van der Waals surface area contributed by atoms with Crippen molar-refractivity contribution < 1.29 is 23.1 Å². The fraction of sp³-hybridized carbons (Fsp3) is 0.308. The van der Waals surface area contributed by atoms with Gasteiger partial charge in [-0.25, -0.2) is 8.42 Å². The fourth-order valence-electron chi connectivity index (χ4n) is 1.42. The summed E-state index contributed by atoms with van der Waals surface area (Å²) in [5, 5.41) is 10.3. The van der Waals surface area contributed by atoms with Crippen LogP contribution in [0, 0.1) is 0 Å². The molecule has 0 spiro atoms. The first-order chi connectivity index (χ1) is 9.35. The van der Waals surface area contributed by atoms with E-state index in [9.17, 15) is 18.3 Å². The van der Waals surface area contributed by atoms with E-state index in [0.29, 0.717) is 5.56 Å². The first-order valence-electron chi connectivity index (χ1n) is 5.87. The molecule has 0 radical (unpaired) electrons. The van der Waals surface area contributed by atoms with Crippen molar-refractivity contribution in [2.75, 3.05) is 7.11 Å². The lowest BCUT2D eigenvalue weighted by atomic mass is 10.2. The summed E-state index contributed by atoms with van der Waals surface area (Å²) in [6.07, 6.45) is 0.181. The number of nitrogens with one attached hydrogen (secondary N) is 1. The first kappa shape index (κ1) is 16.4. The van der Waals surface area contributed by atoms with Gasteiger partial charge in [0.15, 0.2) is 0 Å². The van der Waals surface area contributed by atoms with Gasteiger partial charge in [-0.1, -0.05) is 30.3 Å². The molecule has 0 heterocycles. The monoisotopic (exact) mass is 299 g/mol. The maximum atomic E-state index is 11.8. The van der Waals surface area contributed by atoms with Gasteiger partial charge >= 0.3 is 5.97 Å². The SMILES string of the molecule is COC(=O)[C@H](NS(=O)(=O)/C=C/c1ccccc1)[C@@H](C)O. The van der Waals surface area contributed by atoms with E-state index < -0.39 is 28.1 Å². The van der Waals surface area contributed by atoms with E-state index in [4.69, 9.17) is 0 Å². The molecule has 1 aromatic carbocycles. The molecule has 6 nitrogen and oxygen atoms in total. The molecule has 20 heavy (non-hydrogen) atoms. The maximum absolute atomic E-state index is 11.8. The van der Waals surface area contributed by atoms with Crippen molar-refractivity contribution in [2.45, 2.75) is 19.1 Å². The second-order valence-electron chi connectivity index (χ2n) is 4.12. The number of aliphatic hydroxyl groups is 1. The van der Waals surface area contributed by atoms with Gasteiger partial charge in [0, 0.05) is 5.41 Å². The third-order valence-corrected chi connectivity index (χ3v) is 3.54. The molecular weight excluding hydrogens is 282 g/mol. The Hall–Kier alpha value is -1.70. The molecule has 0 unspecified atom stereocenters. The Morgan fingerprint density at radius 1 is 1.35 bits per heavy atom. The quantitative estimate of drug-likeness (QED) is 0.746. The lowest BCUT2D eigenvalue weighted by Gasteiger charge is -2.17. The summed E-state index contributed by atoms with van der Waals surface area (Å²) in [5.41, 5.74) is 0.699. The van der Waals surface area contributed by atoms with Crippen LogP contribution in [0.2, 0.25) is 0 Å². The smallest absolute Gasteiger partial charge is 0.326 e. The van der Waals surface area contributed by atoms with Crippen LogP contribution in [0.4, 0.5) is 0 Å². The highest BCUT2D eigenvalue weighted by atomic mass is 32.2. The summed E-state index contributed by atoms with van der Waals surface area (Å²) in [7, 11) is -2.75. The Labute approximate surface area is 118 Å². The number of benzene rings is 1. The van der Waals surface area contributed by atoms with E-state index in [-0.39, 0.29) is 0 Å². The van der Waals surface area contributed by atoms with E-state index in [1.165, 1.54) is 13.0 Å².